The summed E-state index contributed by atoms with van der Waals surface area (Å²) < 4.78 is 10.9. The summed E-state index contributed by atoms with van der Waals surface area (Å²) in [5, 5.41) is 4.84. The first kappa shape index (κ1) is 37.9. The molecule has 0 radical (unpaired) electrons. The van der Waals surface area contributed by atoms with Gasteiger partial charge < -0.3 is 19.4 Å². The molecule has 0 aliphatic carbocycles. The van der Waals surface area contributed by atoms with Crippen LogP contribution in [0.25, 0.3) is 66.3 Å². The van der Waals surface area contributed by atoms with Gasteiger partial charge in [-0.05, 0) is 57.6 Å². The molecule has 0 spiro atoms. The molecule has 8 aromatic rings. The number of fused-ring (bicyclic) bond motifs is 2. The van der Waals surface area contributed by atoms with Crippen molar-refractivity contribution >= 4 is 45.1 Å². The van der Waals surface area contributed by atoms with E-state index in [1.807, 2.05) is 36.7 Å². The monoisotopic (exact) mass is 907 g/mol. The molecule has 4 nitrogen and oxygen atoms in total. The molecule has 2 heterocycles. The fourth-order valence-electron chi connectivity index (χ4n) is 6.31. The first-order valence-corrected chi connectivity index (χ1v) is 19.2. The molecule has 0 bridgehead atoms. The molecule has 0 aliphatic rings. The quantitative estimate of drug-likeness (QED) is 0.112. The Morgan fingerprint density at radius 1 is 0.491 bits per heavy atom. The number of aromatic nitrogens is 2. The average Bonchev–Trinajstić information content (AvgIpc) is 3.23. The summed E-state index contributed by atoms with van der Waals surface area (Å²) in [4.78, 5) is 11.6. The number of methoxy groups -OCH3 is 2. The van der Waals surface area contributed by atoms with Crippen LogP contribution in [0.4, 0.5) is 0 Å². The van der Waals surface area contributed by atoms with Crippen molar-refractivity contribution in [2.24, 2.45) is 0 Å². The summed E-state index contributed by atoms with van der Waals surface area (Å²) in [7, 11) is 3.37. The Hall–Kier alpha value is -4.87. The second kappa shape index (κ2) is 17.8. The van der Waals surface area contributed by atoms with Crippen molar-refractivity contribution < 1.29 is 30.5 Å². The molecule has 0 atom stereocenters. The van der Waals surface area contributed by atoms with Crippen LogP contribution in [0.2, 0.25) is 0 Å². The predicted molar refractivity (Wildman–Crippen MR) is 220 cm³/mol. The van der Waals surface area contributed by atoms with Crippen molar-refractivity contribution in [2.45, 2.75) is 9.79 Å². The number of thioether (sulfide) groups is 2. The second-order valence-electron chi connectivity index (χ2n) is 11.9. The van der Waals surface area contributed by atoms with E-state index in [4.69, 9.17) is 9.47 Å². The SMILES string of the molecule is COc1c[c-]c(-c2cc(SC)ccn2)c(-c2cccc3ccccc23)c1.COc1c[c-]c(-c2cc(SC)ccn2)c(-c2cccc3ccccc23)c1.[Pt+2]. The van der Waals surface area contributed by atoms with E-state index in [9.17, 15) is 0 Å². The number of hydrogen-bond donors (Lipinski definition) is 0. The topological polar surface area (TPSA) is 44.2 Å². The maximum atomic E-state index is 5.47. The summed E-state index contributed by atoms with van der Waals surface area (Å²) in [6.07, 6.45) is 7.85. The zero-order chi connectivity index (χ0) is 35.9. The van der Waals surface area contributed by atoms with Gasteiger partial charge in [-0.25, -0.2) is 0 Å². The van der Waals surface area contributed by atoms with Gasteiger partial charge in [0.1, 0.15) is 0 Å². The van der Waals surface area contributed by atoms with Crippen molar-refractivity contribution in [3.63, 3.8) is 0 Å². The Kier molecular flexibility index (Phi) is 12.7. The first-order chi connectivity index (χ1) is 25.6. The number of rotatable bonds is 8. The van der Waals surface area contributed by atoms with Gasteiger partial charge in [0.15, 0.2) is 0 Å². The van der Waals surface area contributed by atoms with Gasteiger partial charge in [-0.2, -0.15) is 0 Å². The van der Waals surface area contributed by atoms with Crippen molar-refractivity contribution in [1.82, 2.24) is 9.97 Å². The van der Waals surface area contributed by atoms with Crippen LogP contribution < -0.4 is 9.47 Å². The zero-order valence-electron chi connectivity index (χ0n) is 29.7. The Morgan fingerprint density at radius 3 is 1.32 bits per heavy atom. The molecule has 264 valence electrons. The number of benzene rings is 6. The molecule has 0 unspecified atom stereocenters. The van der Waals surface area contributed by atoms with E-state index < -0.39 is 0 Å². The van der Waals surface area contributed by atoms with Gasteiger partial charge in [-0.3, -0.25) is 0 Å². The Morgan fingerprint density at radius 2 is 0.906 bits per heavy atom. The molecule has 7 heteroatoms. The molecule has 0 saturated heterocycles. The summed E-state index contributed by atoms with van der Waals surface area (Å²) in [6.45, 7) is 0. The summed E-state index contributed by atoms with van der Waals surface area (Å²) in [6, 6.07) is 52.5. The minimum atomic E-state index is 0. The largest absolute Gasteiger partial charge is 2.00 e. The summed E-state index contributed by atoms with van der Waals surface area (Å²) in [5.41, 5.74) is 8.27. The van der Waals surface area contributed by atoms with E-state index in [0.717, 1.165) is 56.3 Å². The molecule has 2 aromatic heterocycles. The first-order valence-electron chi connectivity index (χ1n) is 16.8. The Labute approximate surface area is 334 Å². The van der Waals surface area contributed by atoms with Crippen molar-refractivity contribution in [3.05, 3.63) is 158 Å². The van der Waals surface area contributed by atoms with E-state index in [2.05, 4.69) is 144 Å². The van der Waals surface area contributed by atoms with Crippen molar-refractivity contribution in [3.8, 4) is 56.3 Å². The van der Waals surface area contributed by atoms with Crippen LogP contribution in [0.1, 0.15) is 0 Å². The second-order valence-corrected chi connectivity index (χ2v) is 13.6. The van der Waals surface area contributed by atoms with Crippen LogP contribution in [0.5, 0.6) is 11.5 Å². The van der Waals surface area contributed by atoms with Gasteiger partial charge in [0.05, 0.1) is 14.2 Å². The fourth-order valence-corrected chi connectivity index (χ4v) is 7.16. The minimum absolute atomic E-state index is 0. The molecule has 0 aliphatic heterocycles. The number of nitrogens with zero attached hydrogens (tertiary/aromatic N) is 2. The van der Waals surface area contributed by atoms with E-state index in [0.29, 0.717) is 0 Å². The van der Waals surface area contributed by atoms with Crippen LogP contribution in [-0.2, 0) is 21.1 Å². The molecular formula is C46H36N2O2PtS2. The van der Waals surface area contributed by atoms with Crippen LogP contribution in [0.15, 0.2) is 156 Å². The number of ether oxygens (including phenoxy) is 2. The van der Waals surface area contributed by atoms with Crippen LogP contribution in [-0.4, -0.2) is 36.7 Å². The van der Waals surface area contributed by atoms with Gasteiger partial charge in [0, 0.05) is 33.7 Å². The molecule has 6 aromatic carbocycles. The summed E-state index contributed by atoms with van der Waals surface area (Å²) in [5.74, 6) is 1.58. The summed E-state index contributed by atoms with van der Waals surface area (Å²) >= 11 is 3.42. The molecule has 0 saturated carbocycles. The van der Waals surface area contributed by atoms with E-state index >= 15 is 0 Å². The molecule has 0 fully saturated rings. The van der Waals surface area contributed by atoms with E-state index in [1.54, 1.807) is 37.7 Å². The van der Waals surface area contributed by atoms with Crippen molar-refractivity contribution in [1.29, 1.82) is 0 Å². The third kappa shape index (κ3) is 8.36. The van der Waals surface area contributed by atoms with Gasteiger partial charge in [-0.1, -0.05) is 131 Å². The normalized spacial score (nSPS) is 10.6. The third-order valence-electron chi connectivity index (χ3n) is 8.91. The fraction of sp³-hybridized carbons (Fsp3) is 0.0870. The number of pyridine rings is 2. The third-order valence-corrected chi connectivity index (χ3v) is 10.4. The van der Waals surface area contributed by atoms with Gasteiger partial charge in [0.25, 0.3) is 0 Å². The maximum absolute atomic E-state index is 5.47. The van der Waals surface area contributed by atoms with Gasteiger partial charge >= 0.3 is 21.1 Å². The van der Waals surface area contributed by atoms with Gasteiger partial charge in [0.2, 0.25) is 0 Å². The Bertz CT molecular complexity index is 2320. The smallest absolute Gasteiger partial charge is 0.540 e. The van der Waals surface area contributed by atoms with Crippen LogP contribution in [0.3, 0.4) is 0 Å². The molecule has 0 amide bonds. The minimum Gasteiger partial charge on any atom is -0.540 e. The van der Waals surface area contributed by atoms with E-state index in [1.165, 1.54) is 31.3 Å². The molecule has 0 N–H and O–H groups in total. The van der Waals surface area contributed by atoms with Crippen molar-refractivity contribution in [2.75, 3.05) is 26.7 Å². The molecule has 8 rings (SSSR count). The van der Waals surface area contributed by atoms with Crippen LogP contribution >= 0.6 is 23.5 Å². The standard InChI is InChI=1S/2C23H18NOS.Pt/c2*1-25-17-10-11-21(23-15-18(26-2)12-13-24-23)22(14-17)20-9-5-7-16-6-3-4-8-19(16)20;/h2*3-10,12-15H,1-2H3;/q2*-1;+2. The average molecular weight is 908 g/mol. The predicted octanol–water partition coefficient (Wildman–Crippen LogP) is 12.2. The molecular weight excluding hydrogens is 872 g/mol. The maximum Gasteiger partial charge on any atom is 2.00 e. The number of hydrogen-bond acceptors (Lipinski definition) is 6. The zero-order valence-corrected chi connectivity index (χ0v) is 33.6. The van der Waals surface area contributed by atoms with Crippen LogP contribution in [0, 0.1) is 12.1 Å². The molecule has 53 heavy (non-hydrogen) atoms. The van der Waals surface area contributed by atoms with E-state index in [-0.39, 0.29) is 21.1 Å². The van der Waals surface area contributed by atoms with Gasteiger partial charge in [-0.15, -0.1) is 58.9 Å². The Balaban J connectivity index is 0.000000178.